The topological polar surface area (TPSA) is 80.1 Å². The summed E-state index contributed by atoms with van der Waals surface area (Å²) in [6.07, 6.45) is 1.59. The standard InChI is InChI=1S/C19H10Cl2N2O3/c20-15-4-1-12(2-5-15)14(11-22)9-16-6-8-19(26-16)13-3-7-17(21)18(10-13)23(24)25/h1-10H/b14-9+. The molecule has 128 valence electrons. The van der Waals surface area contributed by atoms with Crippen LogP contribution in [0.25, 0.3) is 23.0 Å². The normalized spacial score (nSPS) is 11.2. The Hall–Kier alpha value is -3.07. The Morgan fingerprint density at radius 1 is 1.12 bits per heavy atom. The van der Waals surface area contributed by atoms with Gasteiger partial charge in [-0.3, -0.25) is 10.1 Å². The second kappa shape index (κ2) is 7.44. The zero-order valence-electron chi connectivity index (χ0n) is 13.1. The molecular weight excluding hydrogens is 375 g/mol. The number of halogens is 2. The Balaban J connectivity index is 1.95. The fraction of sp³-hybridized carbons (Fsp3) is 0. The summed E-state index contributed by atoms with van der Waals surface area (Å²) in [5.41, 5.74) is 1.43. The highest BCUT2D eigenvalue weighted by molar-refractivity contribution is 6.32. The van der Waals surface area contributed by atoms with E-state index < -0.39 is 4.92 Å². The molecule has 0 radical (unpaired) electrons. The Bertz CT molecular complexity index is 1050. The first kappa shape index (κ1) is 17.7. The van der Waals surface area contributed by atoms with Gasteiger partial charge < -0.3 is 4.42 Å². The summed E-state index contributed by atoms with van der Waals surface area (Å²) in [6.45, 7) is 0. The molecule has 0 spiro atoms. The van der Waals surface area contributed by atoms with E-state index in [2.05, 4.69) is 6.07 Å². The lowest BCUT2D eigenvalue weighted by Gasteiger charge is -2.00. The minimum atomic E-state index is -0.552. The average molecular weight is 385 g/mol. The Kier molecular flexibility index (Phi) is 5.08. The zero-order valence-corrected chi connectivity index (χ0v) is 14.7. The van der Waals surface area contributed by atoms with Gasteiger partial charge in [0.25, 0.3) is 5.69 Å². The number of rotatable bonds is 4. The number of nitro groups is 1. The van der Waals surface area contributed by atoms with Crippen molar-refractivity contribution in [1.82, 2.24) is 0 Å². The van der Waals surface area contributed by atoms with Crippen molar-refractivity contribution in [3.63, 3.8) is 0 Å². The van der Waals surface area contributed by atoms with Gasteiger partial charge in [-0.05, 0) is 48.0 Å². The quantitative estimate of drug-likeness (QED) is 0.303. The largest absolute Gasteiger partial charge is 0.457 e. The second-order valence-electron chi connectivity index (χ2n) is 5.30. The predicted molar refractivity (Wildman–Crippen MR) is 101 cm³/mol. The summed E-state index contributed by atoms with van der Waals surface area (Å²) in [7, 11) is 0. The van der Waals surface area contributed by atoms with Crippen molar-refractivity contribution in [2.24, 2.45) is 0 Å². The van der Waals surface area contributed by atoms with E-state index in [0.717, 1.165) is 0 Å². The molecule has 3 aromatic rings. The molecule has 3 rings (SSSR count). The number of furan rings is 1. The zero-order chi connectivity index (χ0) is 18.7. The van der Waals surface area contributed by atoms with E-state index in [-0.39, 0.29) is 10.7 Å². The van der Waals surface area contributed by atoms with Crippen LogP contribution in [0.5, 0.6) is 0 Å². The van der Waals surface area contributed by atoms with Gasteiger partial charge in [0.1, 0.15) is 16.5 Å². The van der Waals surface area contributed by atoms with Crippen molar-refractivity contribution < 1.29 is 9.34 Å². The number of allylic oxidation sites excluding steroid dienone is 1. The molecule has 0 fully saturated rings. The number of nitriles is 1. The van der Waals surface area contributed by atoms with Crippen LogP contribution in [0.2, 0.25) is 10.0 Å². The van der Waals surface area contributed by atoms with Gasteiger partial charge >= 0.3 is 0 Å². The molecule has 26 heavy (non-hydrogen) atoms. The molecule has 0 bridgehead atoms. The first-order valence-corrected chi connectivity index (χ1v) is 8.15. The minimum absolute atomic E-state index is 0.0555. The first-order valence-electron chi connectivity index (χ1n) is 7.40. The summed E-state index contributed by atoms with van der Waals surface area (Å²) >= 11 is 11.7. The van der Waals surface area contributed by atoms with E-state index in [1.165, 1.54) is 12.1 Å². The van der Waals surface area contributed by atoms with Gasteiger partial charge in [0.15, 0.2) is 0 Å². The van der Waals surface area contributed by atoms with E-state index in [4.69, 9.17) is 27.6 Å². The molecule has 0 aliphatic heterocycles. The maximum absolute atomic E-state index is 11.0. The van der Waals surface area contributed by atoms with Crippen molar-refractivity contribution in [3.8, 4) is 17.4 Å². The summed E-state index contributed by atoms with van der Waals surface area (Å²) in [4.78, 5) is 10.5. The number of benzene rings is 2. The molecule has 1 aromatic heterocycles. The molecule has 0 N–H and O–H groups in total. The minimum Gasteiger partial charge on any atom is -0.457 e. The summed E-state index contributed by atoms with van der Waals surface area (Å²) < 4.78 is 5.70. The Morgan fingerprint density at radius 3 is 2.50 bits per heavy atom. The van der Waals surface area contributed by atoms with Crippen LogP contribution in [0.15, 0.2) is 59.0 Å². The SMILES string of the molecule is N#C/C(=C\c1ccc(-c2ccc(Cl)c([N+](=O)[O-])c2)o1)c1ccc(Cl)cc1. The first-order chi connectivity index (χ1) is 12.5. The van der Waals surface area contributed by atoms with Gasteiger partial charge in [-0.2, -0.15) is 5.26 Å². The van der Waals surface area contributed by atoms with E-state index in [1.807, 2.05) is 0 Å². The number of nitrogens with zero attached hydrogens (tertiary/aromatic N) is 2. The van der Waals surface area contributed by atoms with Crippen LogP contribution >= 0.6 is 23.2 Å². The van der Waals surface area contributed by atoms with Gasteiger partial charge in [0, 0.05) is 16.7 Å². The monoisotopic (exact) mass is 384 g/mol. The van der Waals surface area contributed by atoms with Crippen molar-refractivity contribution in [1.29, 1.82) is 5.26 Å². The molecular formula is C19H10Cl2N2O3. The molecule has 0 amide bonds. The maximum Gasteiger partial charge on any atom is 0.288 e. The van der Waals surface area contributed by atoms with Crippen molar-refractivity contribution in [2.45, 2.75) is 0 Å². The fourth-order valence-corrected chi connectivity index (χ4v) is 2.66. The summed E-state index contributed by atoms with van der Waals surface area (Å²) in [5.74, 6) is 0.883. The van der Waals surface area contributed by atoms with Gasteiger partial charge in [-0.25, -0.2) is 0 Å². The van der Waals surface area contributed by atoms with Crippen LogP contribution in [0.1, 0.15) is 11.3 Å². The third kappa shape index (κ3) is 3.77. The Labute approximate surface area is 158 Å². The number of hydrogen-bond donors (Lipinski definition) is 0. The number of nitro benzene ring substituents is 1. The second-order valence-corrected chi connectivity index (χ2v) is 6.15. The van der Waals surface area contributed by atoms with Crippen molar-refractivity contribution >= 4 is 40.5 Å². The molecule has 0 saturated carbocycles. The van der Waals surface area contributed by atoms with Crippen LogP contribution in [0, 0.1) is 21.4 Å². The lowest BCUT2D eigenvalue weighted by atomic mass is 10.1. The molecule has 5 nitrogen and oxygen atoms in total. The highest BCUT2D eigenvalue weighted by Gasteiger charge is 2.15. The van der Waals surface area contributed by atoms with E-state index in [9.17, 15) is 15.4 Å². The molecule has 0 saturated heterocycles. The number of hydrogen-bond acceptors (Lipinski definition) is 4. The summed E-state index contributed by atoms with van der Waals surface area (Å²) in [5, 5.41) is 21.0. The van der Waals surface area contributed by atoms with E-state index in [1.54, 1.807) is 48.5 Å². The third-order valence-electron chi connectivity index (χ3n) is 3.62. The van der Waals surface area contributed by atoms with Gasteiger partial charge in [0.05, 0.1) is 16.6 Å². The van der Waals surface area contributed by atoms with E-state index in [0.29, 0.717) is 33.2 Å². The van der Waals surface area contributed by atoms with Gasteiger partial charge in [-0.15, -0.1) is 0 Å². The fourth-order valence-electron chi connectivity index (χ4n) is 2.34. The highest BCUT2D eigenvalue weighted by atomic mass is 35.5. The molecule has 0 unspecified atom stereocenters. The smallest absolute Gasteiger partial charge is 0.288 e. The highest BCUT2D eigenvalue weighted by Crippen LogP contribution is 2.32. The average Bonchev–Trinajstić information content (AvgIpc) is 3.09. The van der Waals surface area contributed by atoms with Crippen molar-refractivity contribution in [2.75, 3.05) is 0 Å². The van der Waals surface area contributed by atoms with Crippen molar-refractivity contribution in [3.05, 3.63) is 86.1 Å². The molecule has 0 aliphatic rings. The van der Waals surface area contributed by atoms with Crippen LogP contribution in [0.4, 0.5) is 5.69 Å². The predicted octanol–water partition coefficient (Wildman–Crippen LogP) is 6.23. The molecule has 0 atom stereocenters. The van der Waals surface area contributed by atoms with Crippen LogP contribution < -0.4 is 0 Å². The Morgan fingerprint density at radius 2 is 1.85 bits per heavy atom. The third-order valence-corrected chi connectivity index (χ3v) is 4.19. The van der Waals surface area contributed by atoms with Crippen LogP contribution in [-0.4, -0.2) is 4.92 Å². The van der Waals surface area contributed by atoms with Crippen LogP contribution in [0.3, 0.4) is 0 Å². The lowest BCUT2D eigenvalue weighted by Crippen LogP contribution is -1.89. The van der Waals surface area contributed by atoms with Gasteiger partial charge in [-0.1, -0.05) is 35.3 Å². The summed E-state index contributed by atoms with van der Waals surface area (Å²) in [6, 6.07) is 16.8. The molecule has 7 heteroatoms. The molecule has 0 aliphatic carbocycles. The van der Waals surface area contributed by atoms with Crippen LogP contribution in [-0.2, 0) is 0 Å². The molecule has 1 heterocycles. The van der Waals surface area contributed by atoms with Gasteiger partial charge in [0.2, 0.25) is 0 Å². The molecule has 2 aromatic carbocycles. The van der Waals surface area contributed by atoms with E-state index >= 15 is 0 Å². The lowest BCUT2D eigenvalue weighted by molar-refractivity contribution is -0.384. The maximum atomic E-state index is 11.0.